The number of nitrogens with one attached hydrogen (secondary N) is 1. The summed E-state index contributed by atoms with van der Waals surface area (Å²) in [5.74, 6) is -0.475. The van der Waals surface area contributed by atoms with Crippen LogP contribution in [-0.2, 0) is 33.1 Å². The number of aromatic nitrogens is 3. The van der Waals surface area contributed by atoms with Gasteiger partial charge >= 0.3 is 0 Å². The molecule has 6 rings (SSSR count). The van der Waals surface area contributed by atoms with Crippen LogP contribution in [0.2, 0.25) is 0 Å². The standard InChI is InChI=1S/C30H30FN7O5S3/c1-36-27(18-32-29(40)21-6-10-23(11-7-21)46(41,42)37-12-14-43-15-13-37)33-34-30(36)45-19-28(39)38-25(20-4-8-22(31)9-5-20)17-24(35-38)26-3-2-16-44-26/h2-11,16,25H,12-15,17-19H2,1H3,(H,32,40)/t25-/m1/s1. The van der Waals surface area contributed by atoms with E-state index in [1.807, 2.05) is 17.5 Å². The van der Waals surface area contributed by atoms with Crippen LogP contribution in [0.1, 0.15) is 39.1 Å². The highest BCUT2D eigenvalue weighted by atomic mass is 32.2. The molecule has 2 aromatic heterocycles. The molecule has 0 spiro atoms. The van der Waals surface area contributed by atoms with E-state index in [0.717, 1.165) is 16.2 Å². The van der Waals surface area contributed by atoms with Gasteiger partial charge in [0.2, 0.25) is 10.0 Å². The summed E-state index contributed by atoms with van der Waals surface area (Å²) < 4.78 is 47.6. The maximum Gasteiger partial charge on any atom is 0.253 e. The number of hydrogen-bond donors (Lipinski definition) is 1. The van der Waals surface area contributed by atoms with Gasteiger partial charge in [-0.05, 0) is 53.4 Å². The molecule has 4 aromatic rings. The van der Waals surface area contributed by atoms with E-state index in [1.165, 1.54) is 57.5 Å². The second kappa shape index (κ2) is 13.8. The van der Waals surface area contributed by atoms with Crippen molar-refractivity contribution in [1.82, 2.24) is 29.4 Å². The molecule has 4 heterocycles. The Morgan fingerprint density at radius 1 is 1.07 bits per heavy atom. The molecule has 2 aliphatic heterocycles. The third kappa shape index (κ3) is 6.90. The van der Waals surface area contributed by atoms with Crippen molar-refractivity contribution in [2.45, 2.75) is 29.1 Å². The Bertz CT molecular complexity index is 1840. The lowest BCUT2D eigenvalue weighted by Crippen LogP contribution is -2.40. The highest BCUT2D eigenvalue weighted by Crippen LogP contribution is 2.34. The molecular formula is C30H30FN7O5S3. The van der Waals surface area contributed by atoms with Gasteiger partial charge in [-0.25, -0.2) is 17.8 Å². The molecule has 1 N–H and O–H groups in total. The van der Waals surface area contributed by atoms with Crippen LogP contribution >= 0.6 is 23.1 Å². The van der Waals surface area contributed by atoms with Crippen LogP contribution in [0.15, 0.2) is 81.2 Å². The highest BCUT2D eigenvalue weighted by molar-refractivity contribution is 7.99. The second-order valence-corrected chi connectivity index (χ2v) is 14.3. The molecule has 0 bridgehead atoms. The summed E-state index contributed by atoms with van der Waals surface area (Å²) in [6, 6.07) is 15.4. The predicted octanol–water partition coefficient (Wildman–Crippen LogP) is 3.44. The summed E-state index contributed by atoms with van der Waals surface area (Å²) in [6.07, 6.45) is 0.517. The minimum atomic E-state index is -3.66. The molecule has 0 saturated carbocycles. The topological polar surface area (TPSA) is 139 Å². The molecule has 2 aliphatic rings. The molecule has 2 amide bonds. The van der Waals surface area contributed by atoms with Crippen LogP contribution in [0.5, 0.6) is 0 Å². The molecule has 46 heavy (non-hydrogen) atoms. The van der Waals surface area contributed by atoms with Gasteiger partial charge in [-0.2, -0.15) is 9.41 Å². The summed E-state index contributed by atoms with van der Waals surface area (Å²) in [5, 5.41) is 19.7. The SMILES string of the molecule is Cn1c(CNC(=O)c2ccc(S(=O)(=O)N3CCOCC3)cc2)nnc1SCC(=O)N1N=C(c2cccs2)C[C@@H]1c1ccc(F)cc1. The van der Waals surface area contributed by atoms with Crippen LogP contribution in [0.25, 0.3) is 0 Å². The molecule has 1 fully saturated rings. The molecular weight excluding hydrogens is 654 g/mol. The molecule has 12 nitrogen and oxygen atoms in total. The Morgan fingerprint density at radius 3 is 2.50 bits per heavy atom. The number of rotatable bonds is 10. The Labute approximate surface area is 273 Å². The van der Waals surface area contributed by atoms with Crippen molar-refractivity contribution < 1.29 is 27.1 Å². The number of thioether (sulfide) groups is 1. The number of nitrogens with zero attached hydrogens (tertiary/aromatic N) is 6. The average Bonchev–Trinajstić information content (AvgIpc) is 3.84. The van der Waals surface area contributed by atoms with Crippen molar-refractivity contribution in [3.8, 4) is 0 Å². The smallest absolute Gasteiger partial charge is 0.253 e. The largest absolute Gasteiger partial charge is 0.379 e. The normalized spacial score (nSPS) is 17.2. The first-order chi connectivity index (χ1) is 22.2. The summed E-state index contributed by atoms with van der Waals surface area (Å²) in [5.41, 5.74) is 1.89. The van der Waals surface area contributed by atoms with E-state index in [-0.39, 0.29) is 48.0 Å². The maximum atomic E-state index is 13.6. The zero-order valence-corrected chi connectivity index (χ0v) is 27.2. The number of morpholine rings is 1. The van der Waals surface area contributed by atoms with Crippen LogP contribution in [0, 0.1) is 5.82 Å². The van der Waals surface area contributed by atoms with Crippen molar-refractivity contribution >= 4 is 50.6 Å². The van der Waals surface area contributed by atoms with Crippen LogP contribution in [0.3, 0.4) is 0 Å². The van der Waals surface area contributed by atoms with E-state index < -0.39 is 15.9 Å². The number of carbonyl (C=O) groups excluding carboxylic acids is 2. The average molecular weight is 684 g/mol. The highest BCUT2D eigenvalue weighted by Gasteiger charge is 2.34. The van der Waals surface area contributed by atoms with E-state index in [0.29, 0.717) is 36.2 Å². The molecule has 1 atom stereocenters. The summed E-state index contributed by atoms with van der Waals surface area (Å²) in [4.78, 5) is 27.3. The van der Waals surface area contributed by atoms with Crippen molar-refractivity contribution in [1.29, 1.82) is 0 Å². The van der Waals surface area contributed by atoms with Crippen LogP contribution in [0.4, 0.5) is 4.39 Å². The fourth-order valence-electron chi connectivity index (χ4n) is 5.07. The van der Waals surface area contributed by atoms with Crippen molar-refractivity contribution in [3.05, 3.63) is 93.7 Å². The van der Waals surface area contributed by atoms with Gasteiger partial charge in [-0.1, -0.05) is 30.0 Å². The number of amides is 2. The van der Waals surface area contributed by atoms with Gasteiger partial charge in [0.25, 0.3) is 11.8 Å². The second-order valence-electron chi connectivity index (χ2n) is 10.5. The van der Waals surface area contributed by atoms with E-state index >= 15 is 0 Å². The third-order valence-corrected chi connectivity index (χ3v) is 11.4. The van der Waals surface area contributed by atoms with E-state index in [9.17, 15) is 22.4 Å². The molecule has 0 radical (unpaired) electrons. The maximum absolute atomic E-state index is 13.6. The zero-order valence-electron chi connectivity index (χ0n) is 24.7. The number of benzene rings is 2. The number of ether oxygens (including phenoxy) is 1. The Kier molecular flexibility index (Phi) is 9.60. The third-order valence-electron chi connectivity index (χ3n) is 7.61. The number of hydrazone groups is 1. The van der Waals surface area contributed by atoms with E-state index in [1.54, 1.807) is 35.1 Å². The summed E-state index contributed by atoms with van der Waals surface area (Å²) >= 11 is 2.74. The minimum absolute atomic E-state index is 0.0386. The van der Waals surface area contributed by atoms with Gasteiger partial charge in [0, 0.05) is 32.1 Å². The van der Waals surface area contributed by atoms with E-state index in [2.05, 4.69) is 20.6 Å². The van der Waals surface area contributed by atoms with Crippen LogP contribution in [-0.4, -0.2) is 82.1 Å². The van der Waals surface area contributed by atoms with Gasteiger partial charge in [-0.15, -0.1) is 21.5 Å². The minimum Gasteiger partial charge on any atom is -0.379 e. The van der Waals surface area contributed by atoms with Gasteiger partial charge in [0.1, 0.15) is 5.82 Å². The number of carbonyl (C=O) groups is 2. The van der Waals surface area contributed by atoms with Crippen molar-refractivity contribution in [2.24, 2.45) is 12.1 Å². The fraction of sp³-hybridized carbons (Fsp3) is 0.300. The monoisotopic (exact) mass is 683 g/mol. The lowest BCUT2D eigenvalue weighted by Gasteiger charge is -2.26. The Balaban J connectivity index is 1.06. The first-order valence-corrected chi connectivity index (χ1v) is 17.7. The number of thiophene rings is 1. The predicted molar refractivity (Wildman–Crippen MR) is 170 cm³/mol. The lowest BCUT2D eigenvalue weighted by molar-refractivity contribution is -0.130. The van der Waals surface area contributed by atoms with E-state index in [4.69, 9.17) is 4.74 Å². The number of hydrogen-bond acceptors (Lipinski definition) is 10. The van der Waals surface area contributed by atoms with Gasteiger partial charge < -0.3 is 14.6 Å². The number of halogens is 1. The Hall–Kier alpha value is -3.96. The fourth-order valence-corrected chi connectivity index (χ4v) is 7.98. The first kappa shape index (κ1) is 32.0. The van der Waals surface area contributed by atoms with Crippen molar-refractivity contribution in [3.63, 3.8) is 0 Å². The molecule has 0 unspecified atom stereocenters. The Morgan fingerprint density at radius 2 is 1.80 bits per heavy atom. The molecule has 1 saturated heterocycles. The first-order valence-electron chi connectivity index (χ1n) is 14.4. The van der Waals surface area contributed by atoms with Gasteiger partial charge in [-0.3, -0.25) is 9.59 Å². The molecule has 0 aliphatic carbocycles. The molecule has 16 heteroatoms. The quantitative estimate of drug-likeness (QED) is 0.251. The van der Waals surface area contributed by atoms with Crippen molar-refractivity contribution in [2.75, 3.05) is 32.1 Å². The molecule has 240 valence electrons. The molecule has 2 aromatic carbocycles. The summed E-state index contributed by atoms with van der Waals surface area (Å²) in [7, 11) is -1.92. The number of sulfonamides is 1. The van der Waals surface area contributed by atoms with Gasteiger partial charge in [0.05, 0.1) is 47.0 Å². The summed E-state index contributed by atoms with van der Waals surface area (Å²) in [6.45, 7) is 1.34. The lowest BCUT2D eigenvalue weighted by atomic mass is 10.0. The van der Waals surface area contributed by atoms with Crippen LogP contribution < -0.4 is 5.32 Å². The zero-order chi connectivity index (χ0) is 32.3. The van der Waals surface area contributed by atoms with Gasteiger partial charge in [0.15, 0.2) is 11.0 Å².